The van der Waals surface area contributed by atoms with Gasteiger partial charge in [-0.1, -0.05) is 23.7 Å². The number of thiophene rings is 1. The molecule has 2 heterocycles. The van der Waals surface area contributed by atoms with Gasteiger partial charge in [-0.25, -0.2) is 0 Å². The Kier molecular flexibility index (Phi) is 3.01. The zero-order chi connectivity index (χ0) is 12.7. The zero-order valence-electron chi connectivity index (χ0n) is 9.04. The summed E-state index contributed by atoms with van der Waals surface area (Å²) in [5, 5.41) is 1.48. The molecule has 1 aromatic carbocycles. The fraction of sp³-hybridized carbons (Fsp3) is 0. The molecule has 0 aliphatic heterocycles. The molecule has 0 saturated carbocycles. The monoisotopic (exact) mass is 339 g/mol. The van der Waals surface area contributed by atoms with E-state index in [4.69, 9.17) is 11.6 Å². The van der Waals surface area contributed by atoms with Gasteiger partial charge in [0.1, 0.15) is 0 Å². The quantitative estimate of drug-likeness (QED) is 0.663. The van der Waals surface area contributed by atoms with Crippen molar-refractivity contribution < 1.29 is 4.79 Å². The van der Waals surface area contributed by atoms with E-state index in [1.807, 2.05) is 24.3 Å². The van der Waals surface area contributed by atoms with Gasteiger partial charge in [-0.15, -0.1) is 11.3 Å². The number of H-pyrrole nitrogens is 1. The van der Waals surface area contributed by atoms with Crippen molar-refractivity contribution in [2.24, 2.45) is 0 Å². The predicted octanol–water partition coefficient (Wildman–Crippen LogP) is 4.88. The number of nitrogens with one attached hydrogen (secondary N) is 1. The molecule has 0 atom stereocenters. The summed E-state index contributed by atoms with van der Waals surface area (Å²) in [4.78, 5) is 16.1. The molecule has 0 aliphatic rings. The molecule has 2 nitrogen and oxygen atoms in total. The summed E-state index contributed by atoms with van der Waals surface area (Å²) < 4.78 is 0.948. The lowest BCUT2D eigenvalue weighted by Gasteiger charge is -1.97. The Hall–Kier alpha value is -1.10. The van der Waals surface area contributed by atoms with Gasteiger partial charge in [0.05, 0.1) is 19.2 Å². The van der Waals surface area contributed by atoms with Gasteiger partial charge in [-0.3, -0.25) is 4.79 Å². The molecule has 0 bridgehead atoms. The fourth-order valence-corrected chi connectivity index (χ4v) is 3.44. The smallest absolute Gasteiger partial charge is 0.205 e. The first-order valence-corrected chi connectivity index (χ1v) is 7.21. The molecule has 2 aromatic heterocycles. The Morgan fingerprint density at radius 1 is 1.28 bits per heavy atom. The Morgan fingerprint density at radius 2 is 2.11 bits per heavy atom. The van der Waals surface area contributed by atoms with Gasteiger partial charge in [-0.05, 0) is 34.1 Å². The van der Waals surface area contributed by atoms with Gasteiger partial charge in [0.2, 0.25) is 5.78 Å². The van der Waals surface area contributed by atoms with Crippen LogP contribution in [0.4, 0.5) is 0 Å². The maximum Gasteiger partial charge on any atom is 0.205 e. The number of hydrogen-bond donors (Lipinski definition) is 1. The van der Waals surface area contributed by atoms with Crippen LogP contribution < -0.4 is 0 Å². The third kappa shape index (κ3) is 1.90. The van der Waals surface area contributed by atoms with Crippen LogP contribution >= 0.6 is 38.9 Å². The van der Waals surface area contributed by atoms with Crippen molar-refractivity contribution in [1.82, 2.24) is 4.98 Å². The first kappa shape index (κ1) is 12.0. The first-order chi connectivity index (χ1) is 8.66. The normalized spacial score (nSPS) is 11.0. The van der Waals surface area contributed by atoms with Gasteiger partial charge < -0.3 is 4.98 Å². The van der Waals surface area contributed by atoms with Crippen LogP contribution in [0, 0.1) is 0 Å². The van der Waals surface area contributed by atoms with Crippen LogP contribution in [-0.2, 0) is 0 Å². The van der Waals surface area contributed by atoms with Gasteiger partial charge in [0.15, 0.2) is 0 Å². The molecule has 3 aromatic rings. The number of benzene rings is 1. The van der Waals surface area contributed by atoms with E-state index in [0.717, 1.165) is 14.7 Å². The molecule has 0 unspecified atom stereocenters. The number of halogens is 2. The number of aromatic nitrogens is 1. The van der Waals surface area contributed by atoms with Crippen molar-refractivity contribution in [2.45, 2.75) is 0 Å². The molecule has 0 aliphatic carbocycles. The third-order valence-corrected chi connectivity index (χ3v) is 4.64. The number of carbonyl (C=O) groups excluding carboxylic acids is 1. The number of carbonyl (C=O) groups is 1. The van der Waals surface area contributed by atoms with Crippen LogP contribution in [0.15, 0.2) is 40.3 Å². The van der Waals surface area contributed by atoms with Crippen molar-refractivity contribution >= 4 is 55.6 Å². The van der Waals surface area contributed by atoms with Crippen LogP contribution in [-0.4, -0.2) is 10.8 Å². The highest BCUT2D eigenvalue weighted by Crippen LogP contribution is 2.29. The maximum absolute atomic E-state index is 12.4. The number of para-hydroxylation sites is 1. The standard InChI is InChI=1S/C13H7BrClNOS/c14-11-5-4-10(18-11)13(17)8-6-16-12-7(8)2-1-3-9(12)15/h1-6,16H. The van der Waals surface area contributed by atoms with Crippen molar-refractivity contribution in [3.8, 4) is 0 Å². The number of rotatable bonds is 2. The molecule has 0 amide bonds. The van der Waals surface area contributed by atoms with E-state index in [-0.39, 0.29) is 5.78 Å². The lowest BCUT2D eigenvalue weighted by molar-refractivity contribution is 0.104. The second-order valence-corrected chi connectivity index (χ2v) is 6.67. The fourth-order valence-electron chi connectivity index (χ4n) is 1.87. The highest BCUT2D eigenvalue weighted by Gasteiger charge is 2.16. The van der Waals surface area contributed by atoms with Crippen LogP contribution in [0.25, 0.3) is 10.9 Å². The van der Waals surface area contributed by atoms with E-state index in [0.29, 0.717) is 15.5 Å². The molecule has 1 N–H and O–H groups in total. The van der Waals surface area contributed by atoms with E-state index >= 15 is 0 Å². The van der Waals surface area contributed by atoms with Gasteiger partial charge in [0.25, 0.3) is 0 Å². The topological polar surface area (TPSA) is 32.9 Å². The van der Waals surface area contributed by atoms with Crippen molar-refractivity contribution in [3.05, 3.63) is 55.8 Å². The van der Waals surface area contributed by atoms with Crippen LogP contribution in [0.2, 0.25) is 5.02 Å². The Labute approximate surface area is 121 Å². The number of fused-ring (bicyclic) bond motifs is 1. The van der Waals surface area contributed by atoms with E-state index in [1.54, 1.807) is 12.3 Å². The lowest BCUT2D eigenvalue weighted by atomic mass is 10.1. The van der Waals surface area contributed by atoms with Crippen molar-refractivity contribution in [1.29, 1.82) is 0 Å². The molecule has 3 rings (SSSR count). The van der Waals surface area contributed by atoms with E-state index in [1.165, 1.54) is 11.3 Å². The Morgan fingerprint density at radius 3 is 2.83 bits per heavy atom. The highest BCUT2D eigenvalue weighted by atomic mass is 79.9. The van der Waals surface area contributed by atoms with Crippen LogP contribution in [0.1, 0.15) is 15.2 Å². The van der Waals surface area contributed by atoms with E-state index in [9.17, 15) is 4.79 Å². The molecule has 90 valence electrons. The Balaban J connectivity index is 2.15. The molecule has 0 fully saturated rings. The lowest BCUT2D eigenvalue weighted by Crippen LogP contribution is -1.96. The molecule has 5 heteroatoms. The summed E-state index contributed by atoms with van der Waals surface area (Å²) in [6.07, 6.45) is 1.71. The van der Waals surface area contributed by atoms with Crippen LogP contribution in [0.5, 0.6) is 0 Å². The number of hydrogen-bond acceptors (Lipinski definition) is 2. The minimum absolute atomic E-state index is 0.0132. The summed E-state index contributed by atoms with van der Waals surface area (Å²) in [7, 11) is 0. The van der Waals surface area contributed by atoms with Gasteiger partial charge in [0, 0.05) is 17.1 Å². The maximum atomic E-state index is 12.4. The molecule has 18 heavy (non-hydrogen) atoms. The molecular weight excluding hydrogens is 334 g/mol. The number of ketones is 1. The summed E-state index contributed by atoms with van der Waals surface area (Å²) >= 11 is 10.9. The highest BCUT2D eigenvalue weighted by molar-refractivity contribution is 9.11. The van der Waals surface area contributed by atoms with Crippen LogP contribution in [0.3, 0.4) is 0 Å². The number of aromatic amines is 1. The average Bonchev–Trinajstić information content (AvgIpc) is 2.95. The SMILES string of the molecule is O=C(c1ccc(Br)s1)c1c[nH]c2c(Cl)cccc12. The predicted molar refractivity (Wildman–Crippen MR) is 78.8 cm³/mol. The summed E-state index contributed by atoms with van der Waals surface area (Å²) in [6.45, 7) is 0. The van der Waals surface area contributed by atoms with Gasteiger partial charge >= 0.3 is 0 Å². The summed E-state index contributed by atoms with van der Waals surface area (Å²) in [6, 6.07) is 9.24. The van der Waals surface area contributed by atoms with Gasteiger partial charge in [-0.2, -0.15) is 0 Å². The second-order valence-electron chi connectivity index (χ2n) is 3.80. The minimum atomic E-state index is 0.0132. The van der Waals surface area contributed by atoms with E-state index in [2.05, 4.69) is 20.9 Å². The second kappa shape index (κ2) is 4.53. The minimum Gasteiger partial charge on any atom is -0.359 e. The molecule has 0 saturated heterocycles. The Bertz CT molecular complexity index is 746. The molecular formula is C13H7BrClNOS. The largest absolute Gasteiger partial charge is 0.359 e. The first-order valence-electron chi connectivity index (χ1n) is 5.22. The summed E-state index contributed by atoms with van der Waals surface area (Å²) in [5.41, 5.74) is 1.46. The molecule has 0 spiro atoms. The third-order valence-electron chi connectivity index (χ3n) is 2.71. The van der Waals surface area contributed by atoms with Crippen molar-refractivity contribution in [2.75, 3.05) is 0 Å². The van der Waals surface area contributed by atoms with E-state index < -0.39 is 0 Å². The van der Waals surface area contributed by atoms with Crippen molar-refractivity contribution in [3.63, 3.8) is 0 Å². The average molecular weight is 341 g/mol. The summed E-state index contributed by atoms with van der Waals surface area (Å²) in [5.74, 6) is 0.0132. The molecule has 0 radical (unpaired) electrons. The zero-order valence-corrected chi connectivity index (χ0v) is 12.2.